The molecule has 0 heterocycles. The van der Waals surface area contributed by atoms with E-state index in [2.05, 4.69) is 9.46 Å². The van der Waals surface area contributed by atoms with Gasteiger partial charge in [0.15, 0.2) is 0 Å². The Morgan fingerprint density at radius 2 is 1.63 bits per heavy atom. The van der Waals surface area contributed by atoms with E-state index in [0.717, 1.165) is 9.79 Å². The zero-order valence-electron chi connectivity index (χ0n) is 14.5. The highest BCUT2D eigenvalue weighted by Gasteiger charge is 2.18. The fourth-order valence-corrected chi connectivity index (χ4v) is 4.48. The number of esters is 1. The number of ether oxygens (including phenoxy) is 1. The number of carbonyl (C=O) groups excluding carboxylic acids is 1. The molecule has 0 aromatic heterocycles. The SMILES string of the molecule is COC(=O)c1cccc(S(=O)(=O)Nc2ccccc2Sc2ccccc2)c1. The van der Waals surface area contributed by atoms with Crippen molar-refractivity contribution in [1.29, 1.82) is 0 Å². The summed E-state index contributed by atoms with van der Waals surface area (Å²) in [6.07, 6.45) is 0. The molecule has 0 saturated heterocycles. The van der Waals surface area contributed by atoms with Crippen LogP contribution in [0.25, 0.3) is 0 Å². The summed E-state index contributed by atoms with van der Waals surface area (Å²) in [6, 6.07) is 22.6. The van der Waals surface area contributed by atoms with Crippen molar-refractivity contribution in [3.8, 4) is 0 Å². The largest absolute Gasteiger partial charge is 0.465 e. The molecule has 0 aliphatic carbocycles. The predicted octanol–water partition coefficient (Wildman–Crippen LogP) is 4.43. The molecule has 27 heavy (non-hydrogen) atoms. The Morgan fingerprint density at radius 3 is 2.37 bits per heavy atom. The smallest absolute Gasteiger partial charge is 0.337 e. The quantitative estimate of drug-likeness (QED) is 0.621. The lowest BCUT2D eigenvalue weighted by Crippen LogP contribution is -2.14. The van der Waals surface area contributed by atoms with Crippen LogP contribution in [0.3, 0.4) is 0 Å². The van der Waals surface area contributed by atoms with Crippen LogP contribution in [0.2, 0.25) is 0 Å². The Kier molecular flexibility index (Phi) is 5.83. The third kappa shape index (κ3) is 4.69. The van der Waals surface area contributed by atoms with Crippen LogP contribution in [0.1, 0.15) is 10.4 Å². The molecule has 0 fully saturated rings. The van der Waals surface area contributed by atoms with Gasteiger partial charge < -0.3 is 4.74 Å². The molecule has 0 atom stereocenters. The van der Waals surface area contributed by atoms with E-state index >= 15 is 0 Å². The van der Waals surface area contributed by atoms with Crippen molar-refractivity contribution in [2.45, 2.75) is 14.7 Å². The van der Waals surface area contributed by atoms with Gasteiger partial charge in [0, 0.05) is 9.79 Å². The second kappa shape index (κ2) is 8.28. The molecule has 0 aliphatic heterocycles. The molecule has 0 radical (unpaired) electrons. The summed E-state index contributed by atoms with van der Waals surface area (Å²) in [5.74, 6) is -0.591. The first-order chi connectivity index (χ1) is 13.0. The van der Waals surface area contributed by atoms with Crippen molar-refractivity contribution in [2.24, 2.45) is 0 Å². The van der Waals surface area contributed by atoms with Crippen LogP contribution in [0, 0.1) is 0 Å². The third-order valence-corrected chi connectivity index (χ3v) is 6.11. The van der Waals surface area contributed by atoms with E-state index in [9.17, 15) is 13.2 Å². The van der Waals surface area contributed by atoms with E-state index in [1.54, 1.807) is 12.1 Å². The van der Waals surface area contributed by atoms with Crippen molar-refractivity contribution in [3.05, 3.63) is 84.4 Å². The number of sulfonamides is 1. The van der Waals surface area contributed by atoms with E-state index in [-0.39, 0.29) is 10.5 Å². The number of anilines is 1. The molecule has 3 aromatic carbocycles. The number of methoxy groups -OCH3 is 1. The summed E-state index contributed by atoms with van der Waals surface area (Å²) in [5.41, 5.74) is 0.641. The molecule has 0 spiro atoms. The van der Waals surface area contributed by atoms with E-state index in [1.807, 2.05) is 42.5 Å². The minimum Gasteiger partial charge on any atom is -0.465 e. The second-order valence-electron chi connectivity index (χ2n) is 5.54. The first-order valence-electron chi connectivity index (χ1n) is 8.03. The molecule has 3 aromatic rings. The zero-order valence-corrected chi connectivity index (χ0v) is 16.1. The van der Waals surface area contributed by atoms with Gasteiger partial charge in [-0.15, -0.1) is 0 Å². The first-order valence-corrected chi connectivity index (χ1v) is 10.3. The van der Waals surface area contributed by atoms with Gasteiger partial charge in [-0.2, -0.15) is 0 Å². The van der Waals surface area contributed by atoms with Crippen molar-refractivity contribution < 1.29 is 17.9 Å². The van der Waals surface area contributed by atoms with Crippen molar-refractivity contribution in [1.82, 2.24) is 0 Å². The van der Waals surface area contributed by atoms with E-state index in [0.29, 0.717) is 5.69 Å². The Balaban J connectivity index is 1.90. The van der Waals surface area contributed by atoms with Crippen molar-refractivity contribution >= 4 is 33.4 Å². The number of para-hydroxylation sites is 1. The summed E-state index contributed by atoms with van der Waals surface area (Å²) < 4.78 is 32.9. The van der Waals surface area contributed by atoms with Crippen molar-refractivity contribution in [3.63, 3.8) is 0 Å². The molecule has 138 valence electrons. The van der Waals surface area contributed by atoms with Crippen LogP contribution in [-0.2, 0) is 14.8 Å². The Labute approximate surface area is 162 Å². The Bertz CT molecular complexity index is 1050. The first kappa shape index (κ1) is 19.0. The van der Waals surface area contributed by atoms with Gasteiger partial charge >= 0.3 is 5.97 Å². The maximum Gasteiger partial charge on any atom is 0.337 e. The van der Waals surface area contributed by atoms with Crippen LogP contribution >= 0.6 is 11.8 Å². The molecule has 0 bridgehead atoms. The number of rotatable bonds is 6. The summed E-state index contributed by atoms with van der Waals surface area (Å²) in [6.45, 7) is 0. The molecular formula is C20H17NO4S2. The third-order valence-electron chi connectivity index (χ3n) is 3.67. The Hall–Kier alpha value is -2.77. The van der Waals surface area contributed by atoms with Crippen LogP contribution in [-0.4, -0.2) is 21.5 Å². The molecular weight excluding hydrogens is 382 g/mol. The standard InChI is InChI=1S/C20H17NO4S2/c1-25-20(22)15-8-7-11-17(14-15)27(23,24)21-18-12-5-6-13-19(18)26-16-9-3-2-4-10-16/h2-14,21H,1H3. The van der Waals surface area contributed by atoms with Crippen LogP contribution in [0.5, 0.6) is 0 Å². The maximum absolute atomic E-state index is 12.8. The van der Waals surface area contributed by atoms with Gasteiger partial charge in [0.1, 0.15) is 0 Å². The van der Waals surface area contributed by atoms with Gasteiger partial charge in [0.2, 0.25) is 0 Å². The highest BCUT2D eigenvalue weighted by Crippen LogP contribution is 2.34. The number of hydrogen-bond acceptors (Lipinski definition) is 5. The minimum atomic E-state index is -3.86. The average Bonchev–Trinajstić information content (AvgIpc) is 2.69. The van der Waals surface area contributed by atoms with Gasteiger partial charge in [-0.25, -0.2) is 13.2 Å². The lowest BCUT2D eigenvalue weighted by molar-refractivity contribution is 0.0600. The van der Waals surface area contributed by atoms with E-state index in [4.69, 9.17) is 0 Å². The van der Waals surface area contributed by atoms with Gasteiger partial charge in [-0.3, -0.25) is 4.72 Å². The summed E-state index contributed by atoms with van der Waals surface area (Å²) >= 11 is 1.46. The number of benzene rings is 3. The van der Waals surface area contributed by atoms with Gasteiger partial charge in [-0.05, 0) is 42.5 Å². The lowest BCUT2D eigenvalue weighted by Gasteiger charge is -2.13. The van der Waals surface area contributed by atoms with Gasteiger partial charge in [-0.1, -0.05) is 48.2 Å². The van der Waals surface area contributed by atoms with Crippen LogP contribution in [0.4, 0.5) is 5.69 Å². The van der Waals surface area contributed by atoms with Gasteiger partial charge in [0.25, 0.3) is 10.0 Å². The minimum absolute atomic E-state index is 0.00934. The van der Waals surface area contributed by atoms with Crippen LogP contribution < -0.4 is 4.72 Å². The second-order valence-corrected chi connectivity index (χ2v) is 8.33. The maximum atomic E-state index is 12.8. The molecule has 1 N–H and O–H groups in total. The average molecular weight is 399 g/mol. The molecule has 0 aliphatic rings. The molecule has 5 nitrogen and oxygen atoms in total. The molecule has 3 rings (SSSR count). The normalized spacial score (nSPS) is 11.0. The van der Waals surface area contributed by atoms with E-state index in [1.165, 1.54) is 43.1 Å². The lowest BCUT2D eigenvalue weighted by atomic mass is 10.2. The predicted molar refractivity (Wildman–Crippen MR) is 106 cm³/mol. The van der Waals surface area contributed by atoms with E-state index < -0.39 is 16.0 Å². The van der Waals surface area contributed by atoms with Crippen LogP contribution in [0.15, 0.2) is 93.5 Å². The number of nitrogens with one attached hydrogen (secondary N) is 1. The Morgan fingerprint density at radius 1 is 0.926 bits per heavy atom. The summed E-state index contributed by atoms with van der Waals surface area (Å²) in [4.78, 5) is 13.4. The molecule has 0 amide bonds. The molecule has 0 saturated carbocycles. The monoisotopic (exact) mass is 399 g/mol. The molecule has 7 heteroatoms. The van der Waals surface area contributed by atoms with Gasteiger partial charge in [0.05, 0.1) is 23.3 Å². The zero-order chi connectivity index (χ0) is 19.3. The van der Waals surface area contributed by atoms with Crippen molar-refractivity contribution in [2.75, 3.05) is 11.8 Å². The highest BCUT2D eigenvalue weighted by atomic mass is 32.2. The summed E-state index contributed by atoms with van der Waals surface area (Å²) in [5, 5.41) is 0. The number of hydrogen-bond donors (Lipinski definition) is 1. The highest BCUT2D eigenvalue weighted by molar-refractivity contribution is 7.99. The fourth-order valence-electron chi connectivity index (χ4n) is 2.37. The topological polar surface area (TPSA) is 72.5 Å². The fraction of sp³-hybridized carbons (Fsp3) is 0.0500. The number of carbonyl (C=O) groups is 1. The summed E-state index contributed by atoms with van der Waals surface area (Å²) in [7, 11) is -2.61. The molecule has 0 unspecified atom stereocenters.